The van der Waals surface area contributed by atoms with Crippen LogP contribution in [-0.4, -0.2) is 40.5 Å². The van der Waals surface area contributed by atoms with Crippen molar-refractivity contribution in [1.82, 2.24) is 25.5 Å². The fourth-order valence-electron chi connectivity index (χ4n) is 2.84. The molecule has 1 unspecified atom stereocenters. The topological polar surface area (TPSA) is 64.9 Å². The summed E-state index contributed by atoms with van der Waals surface area (Å²) in [6, 6.07) is 0.592. The molecule has 0 radical (unpaired) electrons. The fourth-order valence-corrected chi connectivity index (χ4v) is 2.84. The lowest BCUT2D eigenvalue weighted by Crippen LogP contribution is -2.29. The van der Waals surface area contributed by atoms with Gasteiger partial charge in [0.15, 0.2) is 5.82 Å². The lowest BCUT2D eigenvalue weighted by atomic mass is 9.75. The van der Waals surface area contributed by atoms with Crippen molar-refractivity contribution in [1.29, 1.82) is 0 Å². The number of tetrazole rings is 1. The van der Waals surface area contributed by atoms with Gasteiger partial charge in [0, 0.05) is 13.7 Å². The molecule has 6 heteroatoms. The van der Waals surface area contributed by atoms with Crippen molar-refractivity contribution in [2.75, 3.05) is 20.3 Å². The molecule has 0 saturated heterocycles. The van der Waals surface area contributed by atoms with E-state index in [0.29, 0.717) is 18.1 Å². The van der Waals surface area contributed by atoms with E-state index in [0.717, 1.165) is 25.2 Å². The lowest BCUT2D eigenvalue weighted by Gasteiger charge is -2.34. The van der Waals surface area contributed by atoms with E-state index < -0.39 is 0 Å². The fraction of sp³-hybridized carbons (Fsp3) is 0.929. The average molecular weight is 281 g/mol. The summed E-state index contributed by atoms with van der Waals surface area (Å²) in [6.07, 6.45) is 4.80. The number of hydrogen-bond acceptors (Lipinski definition) is 5. The summed E-state index contributed by atoms with van der Waals surface area (Å²) in [5.74, 6) is 0.936. The van der Waals surface area contributed by atoms with Crippen molar-refractivity contribution in [3.05, 3.63) is 5.82 Å². The molecule has 0 amide bonds. The van der Waals surface area contributed by atoms with Gasteiger partial charge >= 0.3 is 0 Å². The molecule has 0 bridgehead atoms. The van der Waals surface area contributed by atoms with E-state index in [1.165, 1.54) is 12.8 Å². The average Bonchev–Trinajstić information content (AvgIpc) is 2.88. The first-order valence-corrected chi connectivity index (χ1v) is 7.53. The Morgan fingerprint density at radius 3 is 2.75 bits per heavy atom. The second kappa shape index (κ2) is 6.63. The highest BCUT2D eigenvalue weighted by Gasteiger charge is 2.30. The Labute approximate surface area is 121 Å². The summed E-state index contributed by atoms with van der Waals surface area (Å²) in [4.78, 5) is 0. The monoisotopic (exact) mass is 281 g/mol. The Kier molecular flexibility index (Phi) is 5.10. The third kappa shape index (κ3) is 3.76. The van der Waals surface area contributed by atoms with E-state index in [9.17, 15) is 0 Å². The van der Waals surface area contributed by atoms with Crippen molar-refractivity contribution < 1.29 is 4.74 Å². The molecule has 1 aromatic rings. The van der Waals surface area contributed by atoms with Crippen molar-refractivity contribution >= 4 is 0 Å². The maximum atomic E-state index is 5.06. The second-order valence-electron chi connectivity index (χ2n) is 6.55. The molecule has 1 aliphatic carbocycles. The summed E-state index contributed by atoms with van der Waals surface area (Å²) in [5.41, 5.74) is 0.465. The number of ether oxygens (including phenoxy) is 1. The molecular weight excluding hydrogens is 254 g/mol. The molecule has 6 nitrogen and oxygen atoms in total. The molecule has 1 heterocycles. The van der Waals surface area contributed by atoms with Gasteiger partial charge in [-0.2, -0.15) is 0 Å². The number of nitrogens with zero attached hydrogens (tertiary/aromatic N) is 4. The first-order valence-electron chi connectivity index (χ1n) is 7.53. The number of methoxy groups -OCH3 is 1. The summed E-state index contributed by atoms with van der Waals surface area (Å²) >= 11 is 0. The highest BCUT2D eigenvalue weighted by Crippen LogP contribution is 2.40. The highest BCUT2D eigenvalue weighted by molar-refractivity contribution is 4.94. The summed E-state index contributed by atoms with van der Waals surface area (Å²) in [6.45, 7) is 8.30. The highest BCUT2D eigenvalue weighted by atomic mass is 16.5. The van der Waals surface area contributed by atoms with Crippen LogP contribution in [0.4, 0.5) is 0 Å². The van der Waals surface area contributed by atoms with E-state index in [-0.39, 0.29) is 6.04 Å². The van der Waals surface area contributed by atoms with E-state index in [2.05, 4.69) is 41.6 Å². The van der Waals surface area contributed by atoms with E-state index in [4.69, 9.17) is 4.74 Å². The van der Waals surface area contributed by atoms with Crippen molar-refractivity contribution in [2.24, 2.45) is 5.41 Å². The van der Waals surface area contributed by atoms with E-state index >= 15 is 0 Å². The maximum absolute atomic E-state index is 5.06. The van der Waals surface area contributed by atoms with Crippen LogP contribution in [0, 0.1) is 5.41 Å². The van der Waals surface area contributed by atoms with Crippen LogP contribution in [0.25, 0.3) is 0 Å². The predicted molar refractivity (Wildman–Crippen MR) is 77.4 cm³/mol. The Morgan fingerprint density at radius 2 is 2.10 bits per heavy atom. The first kappa shape index (κ1) is 15.4. The molecule has 1 aromatic heterocycles. The van der Waals surface area contributed by atoms with Gasteiger partial charge in [0.05, 0.1) is 18.7 Å². The van der Waals surface area contributed by atoms with Crippen LogP contribution in [-0.2, 0) is 4.74 Å². The Hall–Kier alpha value is -1.01. The van der Waals surface area contributed by atoms with Crippen LogP contribution >= 0.6 is 0 Å². The number of nitrogens with one attached hydrogen (secondary N) is 1. The Balaban J connectivity index is 1.98. The molecule has 1 saturated carbocycles. The quantitative estimate of drug-likeness (QED) is 0.809. The van der Waals surface area contributed by atoms with Gasteiger partial charge < -0.3 is 10.1 Å². The molecule has 0 aliphatic heterocycles. The van der Waals surface area contributed by atoms with Crippen molar-refractivity contribution in [2.45, 2.75) is 58.5 Å². The zero-order valence-electron chi connectivity index (χ0n) is 13.1. The van der Waals surface area contributed by atoms with Gasteiger partial charge in [0.25, 0.3) is 0 Å². The van der Waals surface area contributed by atoms with E-state index in [1.807, 2.05) is 4.68 Å². The second-order valence-corrected chi connectivity index (χ2v) is 6.55. The molecule has 114 valence electrons. The molecule has 1 atom stereocenters. The molecule has 2 rings (SSSR count). The molecule has 20 heavy (non-hydrogen) atoms. The molecule has 1 fully saturated rings. The van der Waals surface area contributed by atoms with Gasteiger partial charge in [0.1, 0.15) is 0 Å². The van der Waals surface area contributed by atoms with Crippen LogP contribution in [0.3, 0.4) is 0 Å². The van der Waals surface area contributed by atoms with Crippen LogP contribution in [0.15, 0.2) is 0 Å². The lowest BCUT2D eigenvalue weighted by molar-refractivity contribution is 0.178. The maximum Gasteiger partial charge on any atom is 0.168 e. The van der Waals surface area contributed by atoms with Gasteiger partial charge in [-0.05, 0) is 48.4 Å². The minimum Gasteiger partial charge on any atom is -0.383 e. The zero-order chi connectivity index (χ0) is 14.6. The standard InChI is InChI=1S/C14H27N5O/c1-11(15-9-10-20-4)13-16-17-18-19(13)12-5-7-14(2,3)8-6-12/h11-12,15H,5-10H2,1-4H3. The predicted octanol–water partition coefficient (Wildman–Crippen LogP) is 2.11. The minimum atomic E-state index is 0.148. The van der Waals surface area contributed by atoms with Gasteiger partial charge in [-0.1, -0.05) is 13.8 Å². The third-order valence-corrected chi connectivity index (χ3v) is 4.32. The number of hydrogen-bond donors (Lipinski definition) is 1. The molecule has 1 aliphatic rings. The normalized spacial score (nSPS) is 21.0. The van der Waals surface area contributed by atoms with Gasteiger partial charge in [-0.25, -0.2) is 4.68 Å². The Morgan fingerprint density at radius 1 is 1.40 bits per heavy atom. The van der Waals surface area contributed by atoms with Gasteiger partial charge in [-0.15, -0.1) is 5.10 Å². The summed E-state index contributed by atoms with van der Waals surface area (Å²) < 4.78 is 7.09. The van der Waals surface area contributed by atoms with Crippen LogP contribution in [0.2, 0.25) is 0 Å². The molecule has 1 N–H and O–H groups in total. The molecule has 0 aromatic carbocycles. The van der Waals surface area contributed by atoms with Crippen LogP contribution < -0.4 is 5.32 Å². The third-order valence-electron chi connectivity index (χ3n) is 4.32. The Bertz CT molecular complexity index is 407. The van der Waals surface area contributed by atoms with Crippen molar-refractivity contribution in [3.8, 4) is 0 Å². The largest absolute Gasteiger partial charge is 0.383 e. The molecular formula is C14H27N5O. The summed E-state index contributed by atoms with van der Waals surface area (Å²) in [7, 11) is 1.71. The van der Waals surface area contributed by atoms with Crippen LogP contribution in [0.5, 0.6) is 0 Å². The number of aromatic nitrogens is 4. The number of rotatable bonds is 6. The zero-order valence-corrected chi connectivity index (χ0v) is 13.1. The molecule has 0 spiro atoms. The minimum absolute atomic E-state index is 0.148. The van der Waals surface area contributed by atoms with Crippen LogP contribution in [0.1, 0.15) is 64.4 Å². The summed E-state index contributed by atoms with van der Waals surface area (Å²) in [5, 5.41) is 15.7. The van der Waals surface area contributed by atoms with Crippen molar-refractivity contribution in [3.63, 3.8) is 0 Å². The van der Waals surface area contributed by atoms with E-state index in [1.54, 1.807) is 7.11 Å². The smallest absolute Gasteiger partial charge is 0.168 e. The SMILES string of the molecule is COCCNC(C)c1nnnn1C1CCC(C)(C)CC1. The van der Waals surface area contributed by atoms with Gasteiger partial charge in [0.2, 0.25) is 0 Å². The van der Waals surface area contributed by atoms with Gasteiger partial charge in [-0.3, -0.25) is 0 Å². The first-order chi connectivity index (χ1) is 9.53.